The molecule has 3 unspecified atom stereocenters. The van der Waals surface area contributed by atoms with Gasteiger partial charge in [0.15, 0.2) is 0 Å². The fourth-order valence-electron chi connectivity index (χ4n) is 4.85. The van der Waals surface area contributed by atoms with Gasteiger partial charge in [0.05, 0.1) is 0 Å². The van der Waals surface area contributed by atoms with Crippen LogP contribution < -0.4 is 10.6 Å². The monoisotopic (exact) mass is 394 g/mol. The first-order chi connectivity index (χ1) is 12.8. The van der Waals surface area contributed by atoms with Crippen LogP contribution >= 0.6 is 0 Å². The topological polar surface area (TPSA) is 83.4 Å². The van der Waals surface area contributed by atoms with Gasteiger partial charge in [-0.25, -0.2) is 8.42 Å². The Morgan fingerprint density at radius 3 is 2.59 bits per heavy atom. The first kappa shape index (κ1) is 19.0. The van der Waals surface area contributed by atoms with E-state index < -0.39 is 10.0 Å². The first-order valence-corrected chi connectivity index (χ1v) is 11.5. The Morgan fingerprint density at radius 2 is 1.93 bits per heavy atom. The van der Waals surface area contributed by atoms with Gasteiger partial charge in [-0.15, -0.1) is 0 Å². The molecule has 0 aliphatic carbocycles. The van der Waals surface area contributed by atoms with Gasteiger partial charge >= 0.3 is 0 Å². The van der Waals surface area contributed by atoms with Crippen molar-refractivity contribution in [3.8, 4) is 0 Å². The van der Waals surface area contributed by atoms with Gasteiger partial charge in [-0.1, -0.05) is 6.92 Å². The Labute approximate surface area is 161 Å². The molecule has 3 atom stereocenters. The molecule has 1 aromatic rings. The molecule has 0 saturated carbocycles. The van der Waals surface area contributed by atoms with Crippen molar-refractivity contribution >= 4 is 15.9 Å². The van der Waals surface area contributed by atoms with Crippen molar-refractivity contribution in [2.75, 3.05) is 13.1 Å². The summed E-state index contributed by atoms with van der Waals surface area (Å²) in [5.74, 6) is 0.188. The largest absolute Gasteiger partial charge is 0.348 e. The van der Waals surface area contributed by atoms with Gasteiger partial charge in [0.25, 0.3) is 5.91 Å². The van der Waals surface area contributed by atoms with E-state index >= 15 is 0 Å². The summed E-state index contributed by atoms with van der Waals surface area (Å²) in [6.45, 7) is 3.19. The Bertz CT molecular complexity index is 807. The lowest BCUT2D eigenvalue weighted by Gasteiger charge is -2.29. The highest BCUT2D eigenvalue weighted by Crippen LogP contribution is 2.28. The number of hydrogen-bond donors (Lipinski definition) is 2. The van der Waals surface area contributed by atoms with Crippen LogP contribution in [-0.4, -0.2) is 54.4 Å². The van der Waals surface area contributed by atoms with Gasteiger partial charge in [-0.3, -0.25) is 4.79 Å². The molecule has 2 N–H and O–H groups in total. The molecule has 3 saturated heterocycles. The molecule has 0 spiro atoms. The molecular weight excluding hydrogens is 364 g/mol. The van der Waals surface area contributed by atoms with E-state index in [9.17, 15) is 13.2 Å². The first-order valence-electron chi connectivity index (χ1n) is 10.1. The van der Waals surface area contributed by atoms with Crippen LogP contribution in [0.15, 0.2) is 17.2 Å². The second kappa shape index (κ2) is 7.22. The third-order valence-corrected chi connectivity index (χ3v) is 8.11. The third-order valence-electron chi connectivity index (χ3n) is 6.28. The zero-order chi connectivity index (χ0) is 19.2. The molecular formula is C19H30N4O3S. The van der Waals surface area contributed by atoms with E-state index in [1.807, 2.05) is 0 Å². The number of nitrogens with zero attached hydrogens (tertiary/aromatic N) is 2. The molecule has 4 rings (SSSR count). The van der Waals surface area contributed by atoms with Gasteiger partial charge in [-0.2, -0.15) is 4.31 Å². The zero-order valence-electron chi connectivity index (χ0n) is 16.1. The van der Waals surface area contributed by atoms with Crippen LogP contribution in [0.5, 0.6) is 0 Å². The zero-order valence-corrected chi connectivity index (χ0v) is 17.0. The van der Waals surface area contributed by atoms with Gasteiger partial charge < -0.3 is 15.2 Å². The Balaban J connectivity index is 1.48. The fraction of sp³-hybridized carbons (Fsp3) is 0.737. The normalized spacial score (nSPS) is 31.8. The maximum atomic E-state index is 13.0. The number of sulfonamides is 1. The van der Waals surface area contributed by atoms with Crippen molar-refractivity contribution in [2.24, 2.45) is 13.0 Å². The van der Waals surface area contributed by atoms with E-state index in [4.69, 9.17) is 0 Å². The van der Waals surface area contributed by atoms with Crippen LogP contribution in [0.1, 0.15) is 55.9 Å². The van der Waals surface area contributed by atoms with Crippen molar-refractivity contribution < 1.29 is 13.2 Å². The van der Waals surface area contributed by atoms with Crippen molar-refractivity contribution in [3.05, 3.63) is 18.0 Å². The lowest BCUT2D eigenvalue weighted by atomic mass is 10.00. The molecule has 150 valence electrons. The van der Waals surface area contributed by atoms with Crippen molar-refractivity contribution in [2.45, 2.75) is 68.5 Å². The van der Waals surface area contributed by atoms with Crippen LogP contribution in [0, 0.1) is 5.92 Å². The summed E-state index contributed by atoms with van der Waals surface area (Å²) in [5, 5.41) is 6.69. The highest BCUT2D eigenvalue weighted by molar-refractivity contribution is 7.89. The number of fused-ring (bicyclic) bond motifs is 2. The lowest BCUT2D eigenvalue weighted by molar-refractivity contribution is 0.0915. The minimum Gasteiger partial charge on any atom is -0.348 e. The second-order valence-corrected chi connectivity index (χ2v) is 10.5. The van der Waals surface area contributed by atoms with Crippen molar-refractivity contribution in [1.29, 1.82) is 0 Å². The number of rotatable bonds is 4. The van der Waals surface area contributed by atoms with Crippen molar-refractivity contribution in [3.63, 3.8) is 0 Å². The minimum atomic E-state index is -3.55. The number of aryl methyl sites for hydroxylation is 1. The van der Waals surface area contributed by atoms with Crippen LogP contribution in [0.4, 0.5) is 0 Å². The van der Waals surface area contributed by atoms with Gasteiger partial charge in [0.2, 0.25) is 10.0 Å². The summed E-state index contributed by atoms with van der Waals surface area (Å²) in [5.41, 5.74) is 0.407. The summed E-state index contributed by atoms with van der Waals surface area (Å²) >= 11 is 0. The average molecular weight is 395 g/mol. The SMILES string of the molecule is CC1CCCN(S(=O)(=O)c2cc(C(=O)NC3CC4CCC(C3)N4)n(C)c2)C1. The minimum absolute atomic E-state index is 0.161. The molecule has 1 amide bonds. The summed E-state index contributed by atoms with van der Waals surface area (Å²) in [4.78, 5) is 13.0. The maximum Gasteiger partial charge on any atom is 0.268 e. The summed E-state index contributed by atoms with van der Waals surface area (Å²) in [6.07, 6.45) is 7.77. The Hall–Kier alpha value is -1.38. The van der Waals surface area contributed by atoms with Gasteiger partial charge in [-0.05, 0) is 50.5 Å². The molecule has 7 nitrogen and oxygen atoms in total. The second-order valence-electron chi connectivity index (χ2n) is 8.56. The highest BCUT2D eigenvalue weighted by Gasteiger charge is 2.35. The molecule has 1 aromatic heterocycles. The van der Waals surface area contributed by atoms with E-state index in [1.165, 1.54) is 18.9 Å². The molecule has 0 radical (unpaired) electrons. The highest BCUT2D eigenvalue weighted by atomic mass is 32.2. The number of hydrogen-bond acceptors (Lipinski definition) is 4. The van der Waals surface area contributed by atoms with E-state index in [2.05, 4.69) is 17.6 Å². The van der Waals surface area contributed by atoms with E-state index in [0.29, 0.717) is 36.8 Å². The number of piperidine rings is 2. The molecule has 3 aliphatic heterocycles. The Morgan fingerprint density at radius 1 is 1.22 bits per heavy atom. The van der Waals surface area contributed by atoms with E-state index in [-0.39, 0.29) is 16.8 Å². The smallest absolute Gasteiger partial charge is 0.268 e. The van der Waals surface area contributed by atoms with Crippen molar-refractivity contribution in [1.82, 2.24) is 19.5 Å². The summed E-state index contributed by atoms with van der Waals surface area (Å²) in [7, 11) is -1.81. The predicted octanol–water partition coefficient (Wildman–Crippen LogP) is 1.46. The standard InChI is InChI=1S/C19H30N4O3S/c1-13-4-3-7-23(11-13)27(25,26)17-10-18(22(2)12-17)19(24)21-16-8-14-5-6-15(9-16)20-14/h10,12-16,20H,3-9,11H2,1-2H3,(H,21,24). The van der Waals surface area contributed by atoms with Gasteiger partial charge in [0, 0.05) is 44.5 Å². The molecule has 27 heavy (non-hydrogen) atoms. The number of aromatic nitrogens is 1. The average Bonchev–Trinajstić information content (AvgIpc) is 3.17. The fourth-order valence-corrected chi connectivity index (χ4v) is 6.52. The number of amides is 1. The van der Waals surface area contributed by atoms with Crippen LogP contribution in [0.25, 0.3) is 0 Å². The summed E-state index contributed by atoms with van der Waals surface area (Å²) in [6, 6.07) is 2.69. The van der Waals surface area contributed by atoms with Crippen LogP contribution in [-0.2, 0) is 17.1 Å². The van der Waals surface area contributed by atoms with Crippen LogP contribution in [0.3, 0.4) is 0 Å². The molecule has 8 heteroatoms. The molecule has 3 fully saturated rings. The maximum absolute atomic E-state index is 13.0. The van der Waals surface area contributed by atoms with Crippen LogP contribution in [0.2, 0.25) is 0 Å². The molecule has 4 heterocycles. The third kappa shape index (κ3) is 3.79. The Kier molecular flexibility index (Phi) is 5.07. The number of carbonyl (C=O) groups excluding carboxylic acids is 1. The quantitative estimate of drug-likeness (QED) is 0.810. The number of carbonyl (C=O) groups is 1. The molecule has 2 bridgehead atoms. The number of nitrogens with one attached hydrogen (secondary N) is 2. The van der Waals surface area contributed by atoms with E-state index in [0.717, 1.165) is 25.7 Å². The molecule has 0 aromatic carbocycles. The van der Waals surface area contributed by atoms with Gasteiger partial charge in [0.1, 0.15) is 10.6 Å². The predicted molar refractivity (Wildman–Crippen MR) is 103 cm³/mol. The molecule has 3 aliphatic rings. The van der Waals surface area contributed by atoms with E-state index in [1.54, 1.807) is 22.1 Å². The summed E-state index contributed by atoms with van der Waals surface area (Å²) < 4.78 is 29.1. The lowest BCUT2D eigenvalue weighted by Crippen LogP contribution is -2.48.